The van der Waals surface area contributed by atoms with Crippen molar-refractivity contribution in [2.24, 2.45) is 0 Å². The number of oxazole rings is 1. The normalized spacial score (nSPS) is 10.3. The van der Waals surface area contributed by atoms with Crippen molar-refractivity contribution < 1.29 is 9.21 Å². The molecule has 0 saturated carbocycles. The molecule has 7 heteroatoms. The SMILES string of the molecule is CCNC(=O)Nc1nc2cc(-c3ccccc3N)cc(C#N)c2o1. The maximum atomic E-state index is 11.6. The maximum Gasteiger partial charge on any atom is 0.322 e. The third-order valence-corrected chi connectivity index (χ3v) is 3.44. The van der Waals surface area contributed by atoms with E-state index in [9.17, 15) is 10.1 Å². The molecule has 0 fully saturated rings. The van der Waals surface area contributed by atoms with Crippen LogP contribution < -0.4 is 16.4 Å². The summed E-state index contributed by atoms with van der Waals surface area (Å²) >= 11 is 0. The first-order valence-corrected chi connectivity index (χ1v) is 7.36. The largest absolute Gasteiger partial charge is 0.422 e. The first-order valence-electron chi connectivity index (χ1n) is 7.36. The van der Waals surface area contributed by atoms with Gasteiger partial charge in [0.1, 0.15) is 11.6 Å². The average molecular weight is 321 g/mol. The Morgan fingerprint density at radius 1 is 1.38 bits per heavy atom. The quantitative estimate of drug-likeness (QED) is 0.641. The van der Waals surface area contributed by atoms with E-state index in [1.807, 2.05) is 18.2 Å². The molecule has 0 atom stereocenters. The fourth-order valence-electron chi connectivity index (χ4n) is 2.39. The molecule has 3 rings (SSSR count). The molecule has 0 aliphatic rings. The van der Waals surface area contributed by atoms with Crippen molar-refractivity contribution in [1.29, 1.82) is 5.26 Å². The van der Waals surface area contributed by atoms with Crippen LogP contribution in [-0.2, 0) is 0 Å². The molecule has 4 N–H and O–H groups in total. The van der Waals surface area contributed by atoms with Crippen LogP contribution in [0.2, 0.25) is 0 Å². The zero-order valence-corrected chi connectivity index (χ0v) is 13.0. The fraction of sp³-hybridized carbons (Fsp3) is 0.118. The third-order valence-electron chi connectivity index (χ3n) is 3.44. The fourth-order valence-corrected chi connectivity index (χ4v) is 2.39. The summed E-state index contributed by atoms with van der Waals surface area (Å²) in [6, 6.07) is 12.5. The van der Waals surface area contributed by atoms with Crippen LogP contribution in [0.5, 0.6) is 0 Å². The van der Waals surface area contributed by atoms with Gasteiger partial charge in [0.25, 0.3) is 0 Å². The number of anilines is 2. The van der Waals surface area contributed by atoms with Gasteiger partial charge in [-0.15, -0.1) is 0 Å². The van der Waals surface area contributed by atoms with Crippen LogP contribution >= 0.6 is 0 Å². The molecule has 2 amide bonds. The highest BCUT2D eigenvalue weighted by Gasteiger charge is 2.15. The second-order valence-corrected chi connectivity index (χ2v) is 5.07. The number of hydrogen-bond acceptors (Lipinski definition) is 5. The molecule has 0 radical (unpaired) electrons. The summed E-state index contributed by atoms with van der Waals surface area (Å²) in [6.45, 7) is 2.28. The highest BCUT2D eigenvalue weighted by atomic mass is 16.4. The number of carbonyl (C=O) groups is 1. The molecule has 0 aliphatic carbocycles. The van der Waals surface area contributed by atoms with Crippen LogP contribution in [-0.4, -0.2) is 17.6 Å². The maximum absolute atomic E-state index is 11.6. The van der Waals surface area contributed by atoms with E-state index in [2.05, 4.69) is 21.7 Å². The monoisotopic (exact) mass is 321 g/mol. The topological polar surface area (TPSA) is 117 Å². The van der Waals surface area contributed by atoms with Crippen LogP contribution in [0, 0.1) is 11.3 Å². The smallest absolute Gasteiger partial charge is 0.322 e. The van der Waals surface area contributed by atoms with Crippen molar-refractivity contribution in [3.05, 3.63) is 42.0 Å². The molecule has 3 aromatic rings. The van der Waals surface area contributed by atoms with Crippen molar-refractivity contribution in [2.45, 2.75) is 6.92 Å². The number of carbonyl (C=O) groups excluding carboxylic acids is 1. The number of rotatable bonds is 3. The van der Waals surface area contributed by atoms with Gasteiger partial charge in [-0.2, -0.15) is 10.2 Å². The van der Waals surface area contributed by atoms with E-state index in [0.717, 1.165) is 11.1 Å². The number of nitrogen functional groups attached to an aromatic ring is 1. The van der Waals surface area contributed by atoms with Gasteiger partial charge in [-0.25, -0.2) is 4.79 Å². The van der Waals surface area contributed by atoms with E-state index >= 15 is 0 Å². The van der Waals surface area contributed by atoms with Crippen molar-refractivity contribution in [1.82, 2.24) is 10.3 Å². The lowest BCUT2D eigenvalue weighted by Crippen LogP contribution is -2.28. The lowest BCUT2D eigenvalue weighted by atomic mass is 10.0. The summed E-state index contributed by atoms with van der Waals surface area (Å²) in [6.07, 6.45) is 0. The minimum Gasteiger partial charge on any atom is -0.422 e. The molecule has 1 heterocycles. The minimum absolute atomic E-state index is 0.0330. The predicted octanol–water partition coefficient (Wildman–Crippen LogP) is 3.09. The molecular formula is C17H15N5O2. The number of para-hydroxylation sites is 1. The van der Waals surface area contributed by atoms with Gasteiger partial charge in [-0.3, -0.25) is 5.32 Å². The lowest BCUT2D eigenvalue weighted by Gasteiger charge is -2.05. The van der Waals surface area contributed by atoms with Gasteiger partial charge in [0.05, 0.1) is 5.56 Å². The summed E-state index contributed by atoms with van der Waals surface area (Å²) in [5, 5.41) is 14.5. The zero-order chi connectivity index (χ0) is 17.1. The Kier molecular flexibility index (Phi) is 4.03. The van der Waals surface area contributed by atoms with E-state index in [4.69, 9.17) is 10.2 Å². The number of aromatic nitrogens is 1. The zero-order valence-electron chi connectivity index (χ0n) is 13.0. The minimum atomic E-state index is -0.421. The van der Waals surface area contributed by atoms with Gasteiger partial charge in [0.15, 0.2) is 5.58 Å². The van der Waals surface area contributed by atoms with Gasteiger partial charge in [0.2, 0.25) is 0 Å². The lowest BCUT2D eigenvalue weighted by molar-refractivity contribution is 0.252. The Labute approximate surface area is 138 Å². The summed E-state index contributed by atoms with van der Waals surface area (Å²) in [5.74, 6) is 0. The number of hydrogen-bond donors (Lipinski definition) is 3. The Balaban J connectivity index is 2.08. The van der Waals surface area contributed by atoms with Crippen molar-refractivity contribution >= 4 is 28.8 Å². The molecule has 0 aliphatic heterocycles. The number of benzene rings is 2. The molecule has 0 unspecified atom stereocenters. The van der Waals surface area contributed by atoms with Gasteiger partial charge >= 0.3 is 12.0 Å². The molecule has 120 valence electrons. The first kappa shape index (κ1) is 15.4. The van der Waals surface area contributed by atoms with Crippen molar-refractivity contribution in [3.8, 4) is 17.2 Å². The molecule has 7 nitrogen and oxygen atoms in total. The highest BCUT2D eigenvalue weighted by molar-refractivity contribution is 5.92. The number of nitriles is 1. The summed E-state index contributed by atoms with van der Waals surface area (Å²) in [5.41, 5.74) is 9.28. The molecule has 0 bridgehead atoms. The van der Waals surface area contributed by atoms with Crippen LogP contribution in [0.15, 0.2) is 40.8 Å². The van der Waals surface area contributed by atoms with Crippen molar-refractivity contribution in [3.63, 3.8) is 0 Å². The molecular weight excluding hydrogens is 306 g/mol. The second kappa shape index (κ2) is 6.30. The van der Waals surface area contributed by atoms with Gasteiger partial charge in [-0.1, -0.05) is 18.2 Å². The third kappa shape index (κ3) is 2.85. The van der Waals surface area contributed by atoms with Crippen molar-refractivity contribution in [2.75, 3.05) is 17.6 Å². The van der Waals surface area contributed by atoms with Crippen LogP contribution in [0.3, 0.4) is 0 Å². The van der Waals surface area contributed by atoms with E-state index in [0.29, 0.717) is 28.9 Å². The molecule has 0 spiro atoms. The number of fused-ring (bicyclic) bond motifs is 1. The molecule has 0 saturated heterocycles. The van der Waals surface area contributed by atoms with Crippen LogP contribution in [0.4, 0.5) is 16.5 Å². The van der Waals surface area contributed by atoms with Crippen LogP contribution in [0.1, 0.15) is 12.5 Å². The number of nitrogens with zero attached hydrogens (tertiary/aromatic N) is 2. The van der Waals surface area contributed by atoms with E-state index in [1.165, 1.54) is 0 Å². The number of urea groups is 1. The first-order chi connectivity index (χ1) is 11.6. The summed E-state index contributed by atoms with van der Waals surface area (Å²) in [4.78, 5) is 15.8. The number of nitrogens with two attached hydrogens (primary N) is 1. The Bertz CT molecular complexity index is 955. The number of nitrogens with one attached hydrogen (secondary N) is 2. The summed E-state index contributed by atoms with van der Waals surface area (Å²) in [7, 11) is 0. The highest BCUT2D eigenvalue weighted by Crippen LogP contribution is 2.31. The predicted molar refractivity (Wildman–Crippen MR) is 91.3 cm³/mol. The standard InChI is InChI=1S/C17H15N5O2/c1-2-20-16(23)22-17-21-14-8-10(7-11(9-18)15(14)24-17)12-5-3-4-6-13(12)19/h3-8H,2,19H2,1H3,(H2,20,21,22,23). The molecule has 2 aromatic carbocycles. The Hall–Kier alpha value is -3.53. The second-order valence-electron chi connectivity index (χ2n) is 5.07. The Morgan fingerprint density at radius 2 is 2.17 bits per heavy atom. The number of amides is 2. The molecule has 24 heavy (non-hydrogen) atoms. The van der Waals surface area contributed by atoms with Gasteiger partial charge in [-0.05, 0) is 30.7 Å². The summed E-state index contributed by atoms with van der Waals surface area (Å²) < 4.78 is 5.49. The molecule has 1 aromatic heterocycles. The van der Waals surface area contributed by atoms with Crippen LogP contribution in [0.25, 0.3) is 22.2 Å². The van der Waals surface area contributed by atoms with E-state index < -0.39 is 6.03 Å². The van der Waals surface area contributed by atoms with Gasteiger partial charge in [0, 0.05) is 17.8 Å². The Morgan fingerprint density at radius 3 is 2.88 bits per heavy atom. The van der Waals surface area contributed by atoms with Gasteiger partial charge < -0.3 is 15.5 Å². The van der Waals surface area contributed by atoms with E-state index in [1.54, 1.807) is 25.1 Å². The average Bonchev–Trinajstić information content (AvgIpc) is 2.96. The van der Waals surface area contributed by atoms with E-state index in [-0.39, 0.29) is 6.01 Å².